The van der Waals surface area contributed by atoms with E-state index in [1.807, 2.05) is 53.9 Å². The number of nitrogens with zero attached hydrogens (tertiary/aromatic N) is 2. The highest BCUT2D eigenvalue weighted by atomic mass is 35.5. The summed E-state index contributed by atoms with van der Waals surface area (Å²) in [5.41, 5.74) is 6.07. The first kappa shape index (κ1) is 20.1. The van der Waals surface area contributed by atoms with Crippen molar-refractivity contribution in [2.24, 2.45) is 5.10 Å². The van der Waals surface area contributed by atoms with Crippen molar-refractivity contribution >= 4 is 34.3 Å². The fraction of sp³-hybridized carbons (Fsp3) is 0.0435. The van der Waals surface area contributed by atoms with Gasteiger partial charge in [-0.25, -0.2) is 9.37 Å². The second-order valence-corrected chi connectivity index (χ2v) is 7.60. The highest BCUT2D eigenvalue weighted by molar-refractivity contribution is 7.14. The van der Waals surface area contributed by atoms with Gasteiger partial charge in [-0.05, 0) is 29.8 Å². The molecule has 3 aromatic carbocycles. The maximum absolute atomic E-state index is 13.9. The lowest BCUT2D eigenvalue weighted by Crippen LogP contribution is -2.00. The Labute approximate surface area is 182 Å². The summed E-state index contributed by atoms with van der Waals surface area (Å²) in [7, 11) is 0. The molecule has 30 heavy (non-hydrogen) atoms. The molecule has 0 amide bonds. The summed E-state index contributed by atoms with van der Waals surface area (Å²) >= 11 is 7.52. The predicted octanol–water partition coefficient (Wildman–Crippen LogP) is 6.63. The van der Waals surface area contributed by atoms with Crippen molar-refractivity contribution in [3.8, 4) is 17.0 Å². The molecule has 1 aromatic heterocycles. The van der Waals surface area contributed by atoms with Crippen LogP contribution >= 0.6 is 22.9 Å². The minimum Gasteiger partial charge on any atom is -0.489 e. The molecular weight excluding hydrogens is 421 g/mol. The summed E-state index contributed by atoms with van der Waals surface area (Å²) < 4.78 is 19.6. The van der Waals surface area contributed by atoms with Gasteiger partial charge in [0.05, 0.1) is 16.9 Å². The second kappa shape index (κ2) is 9.52. The molecule has 0 spiro atoms. The van der Waals surface area contributed by atoms with E-state index in [4.69, 9.17) is 16.3 Å². The van der Waals surface area contributed by atoms with Crippen LogP contribution in [-0.2, 0) is 6.61 Å². The number of rotatable bonds is 7. The molecule has 1 N–H and O–H groups in total. The zero-order chi connectivity index (χ0) is 20.8. The Morgan fingerprint density at radius 1 is 1.07 bits per heavy atom. The third kappa shape index (κ3) is 5.03. The molecule has 0 radical (unpaired) electrons. The standard InChI is InChI=1S/C23H17ClFN3OS/c24-20-10-5-11-21(25)19(20)14-29-18-9-4-6-16(12-18)13-26-28-23-27-22(15-30-23)17-7-2-1-3-8-17/h1-13,15H,14H2,(H,27,28). The molecule has 0 aliphatic rings. The topological polar surface area (TPSA) is 46.5 Å². The van der Waals surface area contributed by atoms with Gasteiger partial charge < -0.3 is 4.74 Å². The predicted molar refractivity (Wildman–Crippen MR) is 121 cm³/mol. The Kier molecular flexibility index (Phi) is 6.37. The summed E-state index contributed by atoms with van der Waals surface area (Å²) in [5.74, 6) is 0.210. The quantitative estimate of drug-likeness (QED) is 0.261. The van der Waals surface area contributed by atoms with Crippen LogP contribution in [-0.4, -0.2) is 11.2 Å². The Hall–Kier alpha value is -3.22. The summed E-state index contributed by atoms with van der Waals surface area (Å²) in [4.78, 5) is 4.53. The van der Waals surface area contributed by atoms with E-state index in [1.54, 1.807) is 24.4 Å². The van der Waals surface area contributed by atoms with Crippen LogP contribution in [0.1, 0.15) is 11.1 Å². The molecule has 4 rings (SSSR count). The highest BCUT2D eigenvalue weighted by Gasteiger charge is 2.08. The molecule has 0 saturated heterocycles. The van der Waals surface area contributed by atoms with Crippen LogP contribution in [0, 0.1) is 5.82 Å². The van der Waals surface area contributed by atoms with Crippen molar-refractivity contribution in [1.82, 2.24) is 4.98 Å². The lowest BCUT2D eigenvalue weighted by atomic mass is 10.2. The Morgan fingerprint density at radius 2 is 1.90 bits per heavy atom. The van der Waals surface area contributed by atoms with Crippen LogP contribution in [0.4, 0.5) is 9.52 Å². The average molecular weight is 438 g/mol. The Bertz CT molecular complexity index is 1140. The van der Waals surface area contributed by atoms with Gasteiger partial charge in [-0.2, -0.15) is 5.10 Å². The maximum Gasteiger partial charge on any atom is 0.203 e. The highest BCUT2D eigenvalue weighted by Crippen LogP contribution is 2.25. The lowest BCUT2D eigenvalue weighted by molar-refractivity contribution is 0.300. The molecule has 0 aliphatic heterocycles. The smallest absolute Gasteiger partial charge is 0.203 e. The molecule has 0 atom stereocenters. The molecule has 0 aliphatic carbocycles. The molecule has 4 nitrogen and oxygen atoms in total. The van der Waals surface area contributed by atoms with Crippen molar-refractivity contribution in [3.05, 3.63) is 100 Å². The number of ether oxygens (including phenoxy) is 1. The number of anilines is 1. The van der Waals surface area contributed by atoms with E-state index in [9.17, 15) is 4.39 Å². The minimum atomic E-state index is -0.386. The van der Waals surface area contributed by atoms with Gasteiger partial charge in [-0.3, -0.25) is 5.43 Å². The average Bonchev–Trinajstić information content (AvgIpc) is 3.23. The van der Waals surface area contributed by atoms with Gasteiger partial charge in [0.2, 0.25) is 5.13 Å². The van der Waals surface area contributed by atoms with E-state index in [0.717, 1.165) is 16.8 Å². The molecule has 7 heteroatoms. The summed E-state index contributed by atoms with van der Waals surface area (Å²) in [6.07, 6.45) is 1.67. The van der Waals surface area contributed by atoms with Crippen LogP contribution in [0.3, 0.4) is 0 Å². The zero-order valence-corrected chi connectivity index (χ0v) is 17.3. The monoisotopic (exact) mass is 437 g/mol. The number of hydrazone groups is 1. The van der Waals surface area contributed by atoms with Crippen LogP contribution in [0.15, 0.2) is 83.3 Å². The van der Waals surface area contributed by atoms with Crippen LogP contribution in [0.25, 0.3) is 11.3 Å². The van der Waals surface area contributed by atoms with Crippen molar-refractivity contribution in [1.29, 1.82) is 0 Å². The normalized spacial score (nSPS) is 11.0. The summed E-state index contributed by atoms with van der Waals surface area (Å²) in [5, 5.41) is 7.27. The minimum absolute atomic E-state index is 0.0474. The SMILES string of the molecule is Fc1cccc(Cl)c1COc1cccc(C=NNc2nc(-c3ccccc3)cs2)c1. The van der Waals surface area contributed by atoms with Crippen molar-refractivity contribution < 1.29 is 9.13 Å². The number of aromatic nitrogens is 1. The molecule has 0 bridgehead atoms. The van der Waals surface area contributed by atoms with Crippen molar-refractivity contribution in [2.45, 2.75) is 6.61 Å². The van der Waals surface area contributed by atoms with Gasteiger partial charge in [0.1, 0.15) is 18.2 Å². The fourth-order valence-electron chi connectivity index (χ4n) is 2.74. The lowest BCUT2D eigenvalue weighted by Gasteiger charge is -2.09. The number of halogens is 2. The number of benzene rings is 3. The molecule has 0 unspecified atom stereocenters. The zero-order valence-electron chi connectivity index (χ0n) is 15.8. The van der Waals surface area contributed by atoms with E-state index < -0.39 is 0 Å². The van der Waals surface area contributed by atoms with Crippen LogP contribution in [0.5, 0.6) is 5.75 Å². The number of thiazole rings is 1. The number of nitrogens with one attached hydrogen (secondary N) is 1. The first-order chi connectivity index (χ1) is 14.7. The molecule has 150 valence electrons. The van der Waals surface area contributed by atoms with E-state index in [2.05, 4.69) is 15.5 Å². The second-order valence-electron chi connectivity index (χ2n) is 6.34. The van der Waals surface area contributed by atoms with Crippen LogP contribution < -0.4 is 10.2 Å². The van der Waals surface area contributed by atoms with E-state index in [1.165, 1.54) is 17.4 Å². The van der Waals surface area contributed by atoms with Crippen LogP contribution in [0.2, 0.25) is 5.02 Å². The van der Waals surface area contributed by atoms with Gasteiger partial charge in [0.15, 0.2) is 0 Å². The summed E-state index contributed by atoms with van der Waals surface area (Å²) in [6.45, 7) is 0.0474. The van der Waals surface area contributed by atoms with Crippen molar-refractivity contribution in [3.63, 3.8) is 0 Å². The Morgan fingerprint density at radius 3 is 2.73 bits per heavy atom. The van der Waals surface area contributed by atoms with Gasteiger partial charge in [-0.15, -0.1) is 11.3 Å². The van der Waals surface area contributed by atoms with E-state index in [0.29, 0.717) is 21.5 Å². The van der Waals surface area contributed by atoms with E-state index >= 15 is 0 Å². The molecule has 0 saturated carbocycles. The molecule has 0 fully saturated rings. The molecule has 4 aromatic rings. The van der Waals surface area contributed by atoms with E-state index in [-0.39, 0.29) is 12.4 Å². The number of hydrogen-bond donors (Lipinski definition) is 1. The summed E-state index contributed by atoms with van der Waals surface area (Å²) in [6, 6.07) is 21.9. The molecular formula is C23H17ClFN3OS. The van der Waals surface area contributed by atoms with Gasteiger partial charge >= 0.3 is 0 Å². The van der Waals surface area contributed by atoms with Gasteiger partial charge in [0, 0.05) is 16.5 Å². The third-order valence-corrected chi connectivity index (χ3v) is 5.35. The first-order valence-electron chi connectivity index (χ1n) is 9.15. The maximum atomic E-state index is 13.9. The fourth-order valence-corrected chi connectivity index (χ4v) is 3.63. The largest absolute Gasteiger partial charge is 0.489 e. The first-order valence-corrected chi connectivity index (χ1v) is 10.4. The third-order valence-electron chi connectivity index (χ3n) is 4.25. The Balaban J connectivity index is 1.37. The van der Waals surface area contributed by atoms with Crippen molar-refractivity contribution in [2.75, 3.05) is 5.43 Å². The van der Waals surface area contributed by atoms with Gasteiger partial charge in [0.25, 0.3) is 0 Å². The van der Waals surface area contributed by atoms with Gasteiger partial charge in [-0.1, -0.05) is 60.1 Å². The molecule has 1 heterocycles. The number of hydrogen-bond acceptors (Lipinski definition) is 5.